The third kappa shape index (κ3) is 5.21. The Balaban J connectivity index is 0.000000471. The minimum absolute atomic E-state index is 0.278. The molecule has 3 aromatic rings. The Labute approximate surface area is 180 Å². The topological polar surface area (TPSA) is 44.8 Å². The van der Waals surface area contributed by atoms with Crippen LogP contribution in [0.5, 0.6) is 0 Å². The van der Waals surface area contributed by atoms with Gasteiger partial charge in [-0.3, -0.25) is 0 Å². The number of halogens is 3. The van der Waals surface area contributed by atoms with Crippen LogP contribution in [0.25, 0.3) is 22.4 Å². The van der Waals surface area contributed by atoms with Crippen LogP contribution in [0.2, 0.25) is 0 Å². The number of aryl methyl sites for hydroxylation is 2. The fourth-order valence-corrected chi connectivity index (χ4v) is 2.38. The molecule has 0 spiro atoms. The Morgan fingerprint density at radius 1 is 1.00 bits per heavy atom. The number of aromatic amines is 1. The molecule has 0 amide bonds. The fraction of sp³-hybridized carbons (Fsp3) is 0.250. The van der Waals surface area contributed by atoms with E-state index in [1.165, 1.54) is 5.56 Å². The Kier molecular flexibility index (Phi) is 8.10. The second-order valence-electron chi connectivity index (χ2n) is 5.42. The van der Waals surface area contributed by atoms with Gasteiger partial charge in [0, 0.05) is 25.4 Å². The number of H-pyrrole nitrogens is 1. The van der Waals surface area contributed by atoms with E-state index in [9.17, 15) is 0 Å². The van der Waals surface area contributed by atoms with Crippen molar-refractivity contribution in [1.29, 1.82) is 0 Å². The molecule has 2 heterocycles. The summed E-state index contributed by atoms with van der Waals surface area (Å²) in [5.41, 5.74) is 4.28. The van der Waals surface area contributed by atoms with Crippen molar-refractivity contribution in [2.75, 3.05) is 19.0 Å². The molecule has 1 N–H and O–H groups in total. The Morgan fingerprint density at radius 3 is 2.12 bits per heavy atom. The van der Waals surface area contributed by atoms with E-state index in [1.54, 1.807) is 0 Å². The zero-order valence-electron chi connectivity index (χ0n) is 13.8. The number of rotatable bonds is 2. The quantitative estimate of drug-likeness (QED) is 0.337. The van der Waals surface area contributed by atoms with Crippen LogP contribution in [0, 0.1) is 13.8 Å². The average molecular weight is 698 g/mol. The standard InChI is InChI=1S/C16H18N4.3HI.V/c1-10-11(2)17-15-13(10)16(20(3)4)19-14(18-15)12-8-6-5-7-9-12;;;;/h5-9H,1-4H3,(H,17,18,19);3*1H;/q;;;;+3/p-3. The van der Waals surface area contributed by atoms with Crippen LogP contribution in [0.3, 0.4) is 0 Å². The van der Waals surface area contributed by atoms with Gasteiger partial charge in [0.2, 0.25) is 0 Å². The monoisotopic (exact) mass is 698 g/mol. The maximum absolute atomic E-state index is 4.74. The predicted octanol–water partition coefficient (Wildman–Crippen LogP) is 5.96. The Bertz CT molecular complexity index is 816. The summed E-state index contributed by atoms with van der Waals surface area (Å²) in [5, 5.41) is 1.10. The second-order valence-corrected chi connectivity index (χ2v) is 40.8. The van der Waals surface area contributed by atoms with E-state index >= 15 is 0 Å². The summed E-state index contributed by atoms with van der Waals surface area (Å²) in [6.45, 7) is 4.17. The van der Waals surface area contributed by atoms with Gasteiger partial charge in [-0.2, -0.15) is 0 Å². The summed E-state index contributed by atoms with van der Waals surface area (Å²) in [6, 6.07) is 10.1. The van der Waals surface area contributed by atoms with Gasteiger partial charge < -0.3 is 9.88 Å². The normalized spacial score (nSPS) is 10.7. The van der Waals surface area contributed by atoms with Crippen molar-refractivity contribution in [3.05, 3.63) is 41.6 Å². The molecule has 0 saturated carbocycles. The molecule has 3 rings (SSSR count). The number of fused-ring (bicyclic) bond motifs is 1. The van der Waals surface area contributed by atoms with Crippen LogP contribution in [0.4, 0.5) is 5.82 Å². The van der Waals surface area contributed by atoms with Crippen molar-refractivity contribution in [3.63, 3.8) is 0 Å². The van der Waals surface area contributed by atoms with E-state index in [-0.39, 0.29) is 4.92 Å². The SMILES string of the molecule is Cc1[nH]c2nc(-c3ccccc3)nc(N(C)C)c2c1C.[I][V]([I])[I]. The molecule has 8 heteroatoms. The van der Waals surface area contributed by atoms with Gasteiger partial charge in [0.1, 0.15) is 11.5 Å². The average Bonchev–Trinajstić information content (AvgIpc) is 2.81. The first kappa shape index (κ1) is 20.7. The van der Waals surface area contributed by atoms with Crippen LogP contribution < -0.4 is 4.90 Å². The summed E-state index contributed by atoms with van der Waals surface area (Å²) in [6.07, 6.45) is 0. The van der Waals surface area contributed by atoms with E-state index < -0.39 is 0 Å². The predicted molar refractivity (Wildman–Crippen MR) is 125 cm³/mol. The first-order chi connectivity index (χ1) is 11.3. The molecule has 0 radical (unpaired) electrons. The molecule has 0 aliphatic rings. The van der Waals surface area contributed by atoms with Crippen LogP contribution in [-0.4, -0.2) is 29.0 Å². The van der Waals surface area contributed by atoms with E-state index in [4.69, 9.17) is 4.98 Å². The van der Waals surface area contributed by atoms with Crippen molar-refractivity contribution in [2.24, 2.45) is 0 Å². The number of anilines is 1. The third-order valence-electron chi connectivity index (χ3n) is 3.59. The molecule has 0 atom stereocenters. The number of hydrogen-bond donors (Lipinski definition) is 1. The summed E-state index contributed by atoms with van der Waals surface area (Å²) < 4.78 is 0. The summed E-state index contributed by atoms with van der Waals surface area (Å²) in [4.78, 5) is 14.5. The zero-order chi connectivity index (χ0) is 17.9. The van der Waals surface area contributed by atoms with Gasteiger partial charge in [0.05, 0.1) is 5.39 Å². The van der Waals surface area contributed by atoms with Gasteiger partial charge in [-0.05, 0) is 19.4 Å². The van der Waals surface area contributed by atoms with Crippen LogP contribution >= 0.6 is 59.9 Å². The van der Waals surface area contributed by atoms with Crippen molar-refractivity contribution in [3.8, 4) is 11.4 Å². The molecule has 4 nitrogen and oxygen atoms in total. The van der Waals surface area contributed by atoms with E-state index in [0.717, 1.165) is 33.9 Å². The van der Waals surface area contributed by atoms with Crippen LogP contribution in [0.15, 0.2) is 30.3 Å². The van der Waals surface area contributed by atoms with Crippen molar-refractivity contribution >= 4 is 76.8 Å². The van der Waals surface area contributed by atoms with Gasteiger partial charge >= 0.3 is 64.9 Å². The van der Waals surface area contributed by atoms with E-state index in [0.29, 0.717) is 0 Å². The molecule has 0 saturated heterocycles. The number of aromatic nitrogens is 3. The van der Waals surface area contributed by atoms with Gasteiger partial charge in [0.25, 0.3) is 0 Å². The molecule has 0 aliphatic heterocycles. The Hall–Kier alpha value is 0.414. The van der Waals surface area contributed by atoms with Gasteiger partial charge in [-0.25, -0.2) is 9.97 Å². The molecule has 24 heavy (non-hydrogen) atoms. The molecular weight excluding hydrogens is 680 g/mol. The molecule has 1 aromatic carbocycles. The summed E-state index contributed by atoms with van der Waals surface area (Å²) >= 11 is 7.39. The third-order valence-corrected chi connectivity index (χ3v) is 3.59. The number of hydrogen-bond acceptors (Lipinski definition) is 3. The zero-order valence-corrected chi connectivity index (χ0v) is 21.7. The first-order valence-corrected chi connectivity index (χ1v) is 20.7. The van der Waals surface area contributed by atoms with Gasteiger partial charge in [-0.15, -0.1) is 0 Å². The summed E-state index contributed by atoms with van der Waals surface area (Å²) in [5.74, 6) is 1.71. The van der Waals surface area contributed by atoms with E-state index in [2.05, 4.69) is 83.8 Å². The maximum atomic E-state index is 4.74. The van der Waals surface area contributed by atoms with Crippen LogP contribution in [-0.2, 0) is 4.92 Å². The van der Waals surface area contributed by atoms with Crippen molar-refractivity contribution < 1.29 is 4.92 Å². The minimum atomic E-state index is -0.278. The van der Waals surface area contributed by atoms with Gasteiger partial charge in [-0.1, -0.05) is 30.3 Å². The molecule has 0 fully saturated rings. The second kappa shape index (κ2) is 9.38. The number of nitrogens with one attached hydrogen (secondary N) is 1. The Morgan fingerprint density at radius 2 is 1.58 bits per heavy atom. The van der Waals surface area contributed by atoms with Crippen molar-refractivity contribution in [2.45, 2.75) is 13.8 Å². The molecule has 128 valence electrons. The molecular formula is C16H18I3N4V. The molecule has 2 aromatic heterocycles. The molecule has 0 aliphatic carbocycles. The number of nitrogens with zero attached hydrogens (tertiary/aromatic N) is 3. The summed E-state index contributed by atoms with van der Waals surface area (Å²) in [7, 11) is 4.02. The number of benzene rings is 1. The van der Waals surface area contributed by atoms with Crippen LogP contribution in [0.1, 0.15) is 11.3 Å². The molecule has 0 bridgehead atoms. The molecule has 0 unspecified atom stereocenters. The fourth-order valence-electron chi connectivity index (χ4n) is 2.38. The van der Waals surface area contributed by atoms with Gasteiger partial charge in [0.15, 0.2) is 5.82 Å². The first-order valence-electron chi connectivity index (χ1n) is 7.18. The van der Waals surface area contributed by atoms with Crippen molar-refractivity contribution in [1.82, 2.24) is 15.0 Å². The van der Waals surface area contributed by atoms with E-state index in [1.807, 2.05) is 49.3 Å².